The lowest BCUT2D eigenvalue weighted by Gasteiger charge is -2.12. The number of fused-ring (bicyclic) bond motifs is 6. The summed E-state index contributed by atoms with van der Waals surface area (Å²) >= 11 is 0. The minimum Gasteiger partial charge on any atom is -0.309 e. The number of para-hydroxylation sites is 3. The Kier molecular flexibility index (Phi) is 7.55. The van der Waals surface area contributed by atoms with Crippen molar-refractivity contribution in [2.75, 3.05) is 0 Å². The zero-order valence-electron chi connectivity index (χ0n) is 28.6. The second kappa shape index (κ2) is 12.7. The standard InChI is InChI=1S/C45H30N4.C2H6/c1-5-16-31(17-6-1)33-20-15-25-36(28-33)47-40-27-14-13-26-37(40)38-29-42-39(30-41(38)47)43-45(48(42)34-21-9-3-10-22-34)46-44(32-18-7-2-8-19-32)49(43)35-23-11-4-12-24-35;1-2/h1-30H;1-2H3. The normalized spacial score (nSPS) is 11.3. The maximum absolute atomic E-state index is 5.46. The van der Waals surface area contributed by atoms with Gasteiger partial charge in [0.25, 0.3) is 0 Å². The quantitative estimate of drug-likeness (QED) is 0.181. The van der Waals surface area contributed by atoms with Crippen molar-refractivity contribution in [2.45, 2.75) is 13.8 Å². The Morgan fingerprint density at radius 2 is 0.863 bits per heavy atom. The van der Waals surface area contributed by atoms with E-state index in [1.165, 1.54) is 27.4 Å². The lowest BCUT2D eigenvalue weighted by molar-refractivity contribution is 1.10. The lowest BCUT2D eigenvalue weighted by atomic mass is 10.1. The molecule has 0 fully saturated rings. The topological polar surface area (TPSA) is 27.7 Å². The van der Waals surface area contributed by atoms with E-state index in [1.54, 1.807) is 0 Å². The molecule has 51 heavy (non-hydrogen) atoms. The van der Waals surface area contributed by atoms with Crippen LogP contribution < -0.4 is 0 Å². The number of benzene rings is 7. The molecule has 0 N–H and O–H groups in total. The first-order chi connectivity index (χ1) is 25.3. The van der Waals surface area contributed by atoms with Gasteiger partial charge in [0.15, 0.2) is 5.65 Å². The predicted molar refractivity (Wildman–Crippen MR) is 214 cm³/mol. The van der Waals surface area contributed by atoms with Gasteiger partial charge in [-0.15, -0.1) is 0 Å². The van der Waals surface area contributed by atoms with Crippen molar-refractivity contribution in [1.82, 2.24) is 18.7 Å². The maximum Gasteiger partial charge on any atom is 0.165 e. The van der Waals surface area contributed by atoms with Crippen LogP contribution in [-0.4, -0.2) is 18.7 Å². The van der Waals surface area contributed by atoms with E-state index in [-0.39, 0.29) is 0 Å². The highest BCUT2D eigenvalue weighted by atomic mass is 15.2. The number of imidazole rings is 1. The molecule has 10 rings (SSSR count). The summed E-state index contributed by atoms with van der Waals surface area (Å²) in [6.45, 7) is 4.00. The Bertz CT molecular complexity index is 2790. The minimum absolute atomic E-state index is 0.916. The monoisotopic (exact) mass is 656 g/mol. The molecule has 244 valence electrons. The largest absolute Gasteiger partial charge is 0.309 e. The predicted octanol–water partition coefficient (Wildman–Crippen LogP) is 12.4. The highest BCUT2D eigenvalue weighted by Gasteiger charge is 2.25. The van der Waals surface area contributed by atoms with Crippen LogP contribution in [0.1, 0.15) is 13.8 Å². The van der Waals surface area contributed by atoms with Crippen molar-refractivity contribution in [2.24, 2.45) is 0 Å². The van der Waals surface area contributed by atoms with Gasteiger partial charge in [0.05, 0.1) is 16.6 Å². The molecule has 0 aliphatic carbocycles. The van der Waals surface area contributed by atoms with E-state index in [0.717, 1.165) is 56.0 Å². The first kappa shape index (κ1) is 30.4. The van der Waals surface area contributed by atoms with Gasteiger partial charge in [-0.25, -0.2) is 4.98 Å². The van der Waals surface area contributed by atoms with Crippen LogP contribution in [0, 0.1) is 0 Å². The van der Waals surface area contributed by atoms with Crippen molar-refractivity contribution >= 4 is 43.9 Å². The number of hydrogen-bond acceptors (Lipinski definition) is 1. The van der Waals surface area contributed by atoms with Gasteiger partial charge in [-0.3, -0.25) is 9.13 Å². The van der Waals surface area contributed by atoms with Crippen LogP contribution >= 0.6 is 0 Å². The van der Waals surface area contributed by atoms with Crippen LogP contribution in [0.5, 0.6) is 0 Å². The van der Waals surface area contributed by atoms with Gasteiger partial charge < -0.3 is 4.57 Å². The van der Waals surface area contributed by atoms with E-state index in [4.69, 9.17) is 4.98 Å². The zero-order valence-corrected chi connectivity index (χ0v) is 28.6. The molecule has 4 heteroatoms. The summed E-state index contributed by atoms with van der Waals surface area (Å²) in [7, 11) is 0. The number of hydrogen-bond donors (Lipinski definition) is 0. The van der Waals surface area contributed by atoms with Crippen LogP contribution in [0.25, 0.3) is 83.4 Å². The van der Waals surface area contributed by atoms with E-state index in [2.05, 4.69) is 196 Å². The van der Waals surface area contributed by atoms with E-state index in [1.807, 2.05) is 13.8 Å². The van der Waals surface area contributed by atoms with Crippen LogP contribution in [0.15, 0.2) is 182 Å². The van der Waals surface area contributed by atoms with Crippen molar-refractivity contribution < 1.29 is 0 Å². The van der Waals surface area contributed by atoms with Gasteiger partial charge in [-0.2, -0.15) is 0 Å². The second-order valence-electron chi connectivity index (χ2n) is 12.5. The van der Waals surface area contributed by atoms with E-state index in [9.17, 15) is 0 Å². The lowest BCUT2D eigenvalue weighted by Crippen LogP contribution is -1.98. The maximum atomic E-state index is 5.46. The molecule has 0 aliphatic heterocycles. The van der Waals surface area contributed by atoms with Crippen molar-refractivity contribution in [1.29, 1.82) is 0 Å². The summed E-state index contributed by atoms with van der Waals surface area (Å²) < 4.78 is 7.09. The Hall–Kier alpha value is -6.65. The van der Waals surface area contributed by atoms with Crippen LogP contribution in [-0.2, 0) is 0 Å². The summed E-state index contributed by atoms with van der Waals surface area (Å²) in [4.78, 5) is 5.46. The van der Waals surface area contributed by atoms with E-state index < -0.39 is 0 Å². The Labute approximate surface area is 297 Å². The van der Waals surface area contributed by atoms with Gasteiger partial charge in [-0.05, 0) is 65.7 Å². The number of nitrogens with zero attached hydrogens (tertiary/aromatic N) is 4. The van der Waals surface area contributed by atoms with Gasteiger partial charge in [0.1, 0.15) is 11.3 Å². The second-order valence-corrected chi connectivity index (χ2v) is 12.5. The van der Waals surface area contributed by atoms with E-state index >= 15 is 0 Å². The first-order valence-electron chi connectivity index (χ1n) is 17.7. The van der Waals surface area contributed by atoms with Crippen LogP contribution in [0.4, 0.5) is 0 Å². The van der Waals surface area contributed by atoms with Crippen molar-refractivity contribution in [3.63, 3.8) is 0 Å². The summed E-state index contributed by atoms with van der Waals surface area (Å²) in [5.41, 5.74) is 12.2. The molecule has 0 saturated carbocycles. The molecule has 0 radical (unpaired) electrons. The molecule has 7 aromatic carbocycles. The molecule has 0 amide bonds. The fourth-order valence-electron chi connectivity index (χ4n) is 7.48. The molecule has 0 spiro atoms. The molecule has 4 nitrogen and oxygen atoms in total. The summed E-state index contributed by atoms with van der Waals surface area (Å²) in [5, 5.41) is 3.58. The molecule has 0 aliphatic rings. The number of rotatable bonds is 5. The molecule has 0 atom stereocenters. The van der Waals surface area contributed by atoms with Gasteiger partial charge >= 0.3 is 0 Å². The summed E-state index contributed by atoms with van der Waals surface area (Å²) in [5.74, 6) is 0.916. The van der Waals surface area contributed by atoms with E-state index in [0.29, 0.717) is 0 Å². The molecule has 0 bridgehead atoms. The fraction of sp³-hybridized carbons (Fsp3) is 0.0426. The van der Waals surface area contributed by atoms with Crippen molar-refractivity contribution in [3.05, 3.63) is 182 Å². The van der Waals surface area contributed by atoms with Crippen LogP contribution in [0.2, 0.25) is 0 Å². The Morgan fingerprint density at radius 3 is 1.55 bits per heavy atom. The molecule has 3 aromatic heterocycles. The molecule has 3 heterocycles. The highest BCUT2D eigenvalue weighted by molar-refractivity contribution is 6.18. The highest BCUT2D eigenvalue weighted by Crippen LogP contribution is 2.42. The van der Waals surface area contributed by atoms with Gasteiger partial charge in [-0.1, -0.05) is 141 Å². The average Bonchev–Trinajstić information content (AvgIpc) is 3.86. The third-order valence-electron chi connectivity index (χ3n) is 9.63. The van der Waals surface area contributed by atoms with Crippen LogP contribution in [0.3, 0.4) is 0 Å². The van der Waals surface area contributed by atoms with Gasteiger partial charge in [0, 0.05) is 38.8 Å². The summed E-state index contributed by atoms with van der Waals surface area (Å²) in [6, 6.07) is 64.7. The minimum atomic E-state index is 0.916. The molecule has 0 saturated heterocycles. The molecule has 0 unspecified atom stereocenters. The molecular formula is C47H36N4. The first-order valence-corrected chi connectivity index (χ1v) is 17.7. The Balaban J connectivity index is 0.00000171. The summed E-state index contributed by atoms with van der Waals surface area (Å²) in [6.07, 6.45) is 0. The smallest absolute Gasteiger partial charge is 0.165 e. The molecular weight excluding hydrogens is 621 g/mol. The Morgan fingerprint density at radius 1 is 0.353 bits per heavy atom. The molecule has 10 aromatic rings. The third-order valence-corrected chi connectivity index (χ3v) is 9.63. The third kappa shape index (κ3) is 4.95. The van der Waals surface area contributed by atoms with Gasteiger partial charge in [0.2, 0.25) is 0 Å². The van der Waals surface area contributed by atoms with Crippen molar-refractivity contribution in [3.8, 4) is 39.6 Å². The SMILES string of the molecule is CC.c1ccc(-c2cccc(-n3c4ccccc4c4cc5c(cc43)c3c(nc(-c4ccccc4)n3-c3ccccc3)n5-c3ccccc3)c2)cc1. The zero-order chi connectivity index (χ0) is 34.3. The average molecular weight is 657 g/mol. The number of aromatic nitrogens is 4. The fourth-order valence-corrected chi connectivity index (χ4v) is 7.48.